The SMILES string of the molecule is C=CCn1c(=C2OC(=S)N(CC)C2=O)sc(=C2C=Cc3cc(C)ccc3N2CC)c1=O. The van der Waals surface area contributed by atoms with Crippen LogP contribution in [0.25, 0.3) is 17.5 Å². The maximum atomic E-state index is 13.4. The quantitative estimate of drug-likeness (QED) is 0.526. The lowest BCUT2D eigenvalue weighted by Crippen LogP contribution is -2.37. The fourth-order valence-electron chi connectivity index (χ4n) is 3.82. The number of aromatic nitrogens is 1. The normalized spacial score (nSPS) is 19.1. The number of carbonyl (C=O) groups is 1. The van der Waals surface area contributed by atoms with Crippen LogP contribution in [0.1, 0.15) is 25.0 Å². The molecule has 2 aliphatic heterocycles. The van der Waals surface area contributed by atoms with Crippen molar-refractivity contribution >= 4 is 57.9 Å². The second-order valence-corrected chi connectivity index (χ2v) is 8.56. The summed E-state index contributed by atoms with van der Waals surface area (Å²) in [4.78, 5) is 29.8. The number of thiazole rings is 1. The van der Waals surface area contributed by atoms with Gasteiger partial charge in [-0.3, -0.25) is 19.1 Å². The van der Waals surface area contributed by atoms with Crippen molar-refractivity contribution in [2.24, 2.45) is 0 Å². The van der Waals surface area contributed by atoms with Gasteiger partial charge in [0.15, 0.2) is 0 Å². The van der Waals surface area contributed by atoms with Crippen LogP contribution in [-0.4, -0.2) is 33.6 Å². The lowest BCUT2D eigenvalue weighted by atomic mass is 10.0. The maximum absolute atomic E-state index is 13.4. The van der Waals surface area contributed by atoms with E-state index in [1.165, 1.54) is 26.4 Å². The first kappa shape index (κ1) is 21.3. The molecule has 1 aromatic heterocycles. The number of carbonyl (C=O) groups excluding carboxylic acids is 1. The molecule has 6 nitrogen and oxygen atoms in total. The van der Waals surface area contributed by atoms with E-state index in [4.69, 9.17) is 17.0 Å². The number of rotatable bonds is 4. The standard InChI is InChI=1S/C23H23N3O3S2/c1-5-12-26-21(28)19(31-22(26)18-20(27)25(7-3)23(30)29-18)17-11-9-15-13-14(4)8-10-16(15)24(17)6-2/h5,8-11,13H,1,6-7,12H2,2-4H3. The number of amides is 1. The first-order chi connectivity index (χ1) is 14.9. The van der Waals surface area contributed by atoms with E-state index in [1.807, 2.05) is 19.1 Å². The van der Waals surface area contributed by atoms with Gasteiger partial charge in [-0.15, -0.1) is 17.9 Å². The number of hydrogen-bond acceptors (Lipinski definition) is 6. The average molecular weight is 454 g/mol. The van der Waals surface area contributed by atoms with Gasteiger partial charge in [0.05, 0.1) is 5.70 Å². The molecule has 160 valence electrons. The highest BCUT2D eigenvalue weighted by Gasteiger charge is 2.34. The van der Waals surface area contributed by atoms with Gasteiger partial charge in [0, 0.05) is 25.3 Å². The van der Waals surface area contributed by atoms with Crippen molar-refractivity contribution in [1.29, 1.82) is 0 Å². The van der Waals surface area contributed by atoms with E-state index >= 15 is 0 Å². The molecule has 1 amide bonds. The van der Waals surface area contributed by atoms with E-state index in [0.29, 0.717) is 22.3 Å². The summed E-state index contributed by atoms with van der Waals surface area (Å²) in [6.45, 7) is 11.1. The molecule has 8 heteroatoms. The summed E-state index contributed by atoms with van der Waals surface area (Å²) in [6.07, 6.45) is 5.62. The predicted molar refractivity (Wildman–Crippen MR) is 129 cm³/mol. The van der Waals surface area contributed by atoms with Crippen molar-refractivity contribution in [3.05, 3.63) is 67.6 Å². The zero-order chi connectivity index (χ0) is 22.3. The molecule has 0 spiro atoms. The number of hydrogen-bond donors (Lipinski definition) is 0. The van der Waals surface area contributed by atoms with Gasteiger partial charge in [0.25, 0.3) is 16.6 Å². The fraction of sp³-hybridized carbons (Fsp3) is 0.261. The first-order valence-electron chi connectivity index (χ1n) is 10.1. The van der Waals surface area contributed by atoms with Crippen LogP contribution in [0.5, 0.6) is 0 Å². The van der Waals surface area contributed by atoms with E-state index in [0.717, 1.165) is 16.9 Å². The smallest absolute Gasteiger partial charge is 0.300 e. The molecule has 0 saturated carbocycles. The molecule has 0 unspecified atom stereocenters. The third-order valence-electron chi connectivity index (χ3n) is 5.29. The predicted octanol–water partition coefficient (Wildman–Crippen LogP) is 2.34. The van der Waals surface area contributed by atoms with E-state index in [-0.39, 0.29) is 28.9 Å². The molecule has 2 aliphatic rings. The van der Waals surface area contributed by atoms with Gasteiger partial charge < -0.3 is 9.64 Å². The molecule has 0 aliphatic carbocycles. The van der Waals surface area contributed by atoms with Crippen LogP contribution >= 0.6 is 23.6 Å². The summed E-state index contributed by atoms with van der Waals surface area (Å²) < 4.78 is 8.16. The number of thiocarbonyl (C=S) groups is 1. The van der Waals surface area contributed by atoms with Gasteiger partial charge in [-0.2, -0.15) is 0 Å². The van der Waals surface area contributed by atoms with Gasteiger partial charge in [0.2, 0.25) is 5.76 Å². The minimum atomic E-state index is -0.324. The second kappa shape index (κ2) is 8.28. The van der Waals surface area contributed by atoms with Gasteiger partial charge in [-0.1, -0.05) is 23.8 Å². The molecule has 0 bridgehead atoms. The van der Waals surface area contributed by atoms with Crippen LogP contribution in [0, 0.1) is 6.92 Å². The number of likely N-dealkylation sites (N-methyl/N-ethyl adjacent to an activating group) is 2. The number of aryl methyl sites for hydroxylation is 1. The van der Waals surface area contributed by atoms with Gasteiger partial charge in [-0.25, -0.2) is 0 Å². The number of nitrogens with zero attached hydrogens (tertiary/aromatic N) is 3. The second-order valence-electron chi connectivity index (χ2n) is 7.21. The third kappa shape index (κ3) is 3.45. The highest BCUT2D eigenvalue weighted by Crippen LogP contribution is 2.31. The summed E-state index contributed by atoms with van der Waals surface area (Å²) in [5.41, 5.74) is 3.97. The zero-order valence-corrected chi connectivity index (χ0v) is 19.3. The Labute approximate surface area is 189 Å². The van der Waals surface area contributed by atoms with E-state index in [2.05, 4.69) is 43.5 Å². The molecule has 0 N–H and O–H groups in total. The topological polar surface area (TPSA) is 54.8 Å². The van der Waals surface area contributed by atoms with Crippen molar-refractivity contribution < 1.29 is 9.53 Å². The first-order valence-corrected chi connectivity index (χ1v) is 11.3. The Balaban J connectivity index is 2.02. The van der Waals surface area contributed by atoms with E-state index in [9.17, 15) is 9.59 Å². The lowest BCUT2D eigenvalue weighted by molar-refractivity contribution is -0.120. The Morgan fingerprint density at radius 2 is 1.90 bits per heavy atom. The Morgan fingerprint density at radius 3 is 2.55 bits per heavy atom. The molecule has 0 atom stereocenters. The van der Waals surface area contributed by atoms with Crippen molar-refractivity contribution in [2.45, 2.75) is 27.3 Å². The molecule has 0 radical (unpaired) electrons. The minimum absolute atomic E-state index is 0.0986. The Morgan fingerprint density at radius 1 is 1.16 bits per heavy atom. The van der Waals surface area contributed by atoms with Crippen molar-refractivity contribution in [1.82, 2.24) is 9.47 Å². The number of fused-ring (bicyclic) bond motifs is 1. The van der Waals surface area contributed by atoms with Gasteiger partial charge in [-0.05, 0) is 56.8 Å². The van der Waals surface area contributed by atoms with Crippen LogP contribution in [0.15, 0.2) is 41.7 Å². The summed E-state index contributed by atoms with van der Waals surface area (Å²) in [5.74, 6) is -0.225. The summed E-state index contributed by atoms with van der Waals surface area (Å²) in [6, 6.07) is 6.27. The average Bonchev–Trinajstić information content (AvgIpc) is 3.22. The van der Waals surface area contributed by atoms with Crippen LogP contribution in [0.3, 0.4) is 0 Å². The van der Waals surface area contributed by atoms with E-state index in [1.54, 1.807) is 6.08 Å². The van der Waals surface area contributed by atoms with Crippen LogP contribution in [-0.2, 0) is 16.1 Å². The lowest BCUT2D eigenvalue weighted by Gasteiger charge is -2.29. The maximum Gasteiger partial charge on any atom is 0.300 e. The van der Waals surface area contributed by atoms with Crippen molar-refractivity contribution in [3.63, 3.8) is 0 Å². The van der Waals surface area contributed by atoms with Crippen LogP contribution in [0.2, 0.25) is 0 Å². The molecule has 1 aromatic carbocycles. The Kier molecular flexibility index (Phi) is 5.68. The molecule has 2 aromatic rings. The molecule has 3 heterocycles. The number of anilines is 1. The van der Waals surface area contributed by atoms with E-state index < -0.39 is 0 Å². The number of allylic oxidation sites excluding steroid dienone is 1. The number of benzene rings is 1. The summed E-state index contributed by atoms with van der Waals surface area (Å²) >= 11 is 6.44. The molecule has 31 heavy (non-hydrogen) atoms. The largest absolute Gasteiger partial charge is 0.422 e. The third-order valence-corrected chi connectivity index (χ3v) is 6.78. The minimum Gasteiger partial charge on any atom is -0.422 e. The summed E-state index contributed by atoms with van der Waals surface area (Å²) in [5, 5.41) is 0.111. The zero-order valence-electron chi connectivity index (χ0n) is 17.7. The summed E-state index contributed by atoms with van der Waals surface area (Å²) in [7, 11) is 0. The van der Waals surface area contributed by atoms with Crippen molar-refractivity contribution in [3.8, 4) is 0 Å². The highest BCUT2D eigenvalue weighted by molar-refractivity contribution is 7.80. The highest BCUT2D eigenvalue weighted by atomic mass is 32.1. The monoisotopic (exact) mass is 453 g/mol. The number of ether oxygens (including phenoxy) is 1. The van der Waals surface area contributed by atoms with Crippen LogP contribution < -0.4 is 19.7 Å². The molecular formula is C23H23N3O3S2. The molecule has 4 rings (SSSR count). The Hall–Kier alpha value is -2.97. The van der Waals surface area contributed by atoms with Crippen LogP contribution in [0.4, 0.5) is 5.69 Å². The molecule has 1 fully saturated rings. The molecule has 1 saturated heterocycles. The van der Waals surface area contributed by atoms with Gasteiger partial charge >= 0.3 is 0 Å². The Bertz CT molecular complexity index is 1320. The van der Waals surface area contributed by atoms with Gasteiger partial charge in [0.1, 0.15) is 9.20 Å². The fourth-order valence-corrected chi connectivity index (χ4v) is 5.27. The molecular weight excluding hydrogens is 430 g/mol. The van der Waals surface area contributed by atoms with Crippen molar-refractivity contribution in [2.75, 3.05) is 18.0 Å².